The van der Waals surface area contributed by atoms with E-state index in [0.29, 0.717) is 16.3 Å². The molecular formula is C12H8ClNO4S2. The Kier molecular flexibility index (Phi) is 4.64. The van der Waals surface area contributed by atoms with Gasteiger partial charge in [0.25, 0.3) is 5.69 Å². The van der Waals surface area contributed by atoms with Crippen molar-refractivity contribution >= 4 is 46.4 Å². The van der Waals surface area contributed by atoms with Crippen molar-refractivity contribution in [2.75, 3.05) is 0 Å². The third kappa shape index (κ3) is 3.50. The van der Waals surface area contributed by atoms with Crippen LogP contribution in [0.25, 0.3) is 0 Å². The SMILES string of the molecule is O=C(O)c1cc(SCc2cc(Cl)ccc2[N+](=O)[O-])cs1. The lowest BCUT2D eigenvalue weighted by molar-refractivity contribution is -0.385. The topological polar surface area (TPSA) is 80.4 Å². The van der Waals surface area contributed by atoms with Gasteiger partial charge in [0, 0.05) is 32.7 Å². The van der Waals surface area contributed by atoms with E-state index in [1.807, 2.05) is 0 Å². The van der Waals surface area contributed by atoms with Gasteiger partial charge in [-0.25, -0.2) is 4.79 Å². The smallest absolute Gasteiger partial charge is 0.345 e. The molecule has 8 heteroatoms. The van der Waals surface area contributed by atoms with E-state index < -0.39 is 10.9 Å². The number of benzene rings is 1. The van der Waals surface area contributed by atoms with E-state index >= 15 is 0 Å². The van der Waals surface area contributed by atoms with E-state index in [-0.39, 0.29) is 10.6 Å². The molecule has 0 atom stereocenters. The van der Waals surface area contributed by atoms with Crippen molar-refractivity contribution in [2.45, 2.75) is 10.6 Å². The van der Waals surface area contributed by atoms with E-state index in [1.165, 1.54) is 23.9 Å². The van der Waals surface area contributed by atoms with Gasteiger partial charge < -0.3 is 5.11 Å². The second kappa shape index (κ2) is 6.25. The van der Waals surface area contributed by atoms with Gasteiger partial charge in [-0.15, -0.1) is 23.1 Å². The number of carboxylic acid groups (broad SMARTS) is 1. The van der Waals surface area contributed by atoms with Crippen molar-refractivity contribution in [3.63, 3.8) is 0 Å². The summed E-state index contributed by atoms with van der Waals surface area (Å²) in [5, 5.41) is 21.9. The lowest BCUT2D eigenvalue weighted by atomic mass is 10.2. The highest BCUT2D eigenvalue weighted by Gasteiger charge is 2.15. The Hall–Kier alpha value is -1.57. The molecule has 1 aromatic heterocycles. The number of nitrogens with zero attached hydrogens (tertiary/aromatic N) is 1. The number of halogens is 1. The quantitative estimate of drug-likeness (QED) is 0.502. The van der Waals surface area contributed by atoms with E-state index in [0.717, 1.165) is 16.2 Å². The molecule has 0 unspecified atom stereocenters. The number of hydrogen-bond acceptors (Lipinski definition) is 5. The summed E-state index contributed by atoms with van der Waals surface area (Å²) in [5.41, 5.74) is 0.520. The molecule has 104 valence electrons. The van der Waals surface area contributed by atoms with Gasteiger partial charge in [-0.2, -0.15) is 0 Å². The fraction of sp³-hybridized carbons (Fsp3) is 0.0833. The zero-order valence-corrected chi connectivity index (χ0v) is 12.3. The molecule has 1 N–H and O–H groups in total. The zero-order valence-electron chi connectivity index (χ0n) is 9.91. The molecule has 1 aromatic carbocycles. The number of nitro groups is 1. The van der Waals surface area contributed by atoms with E-state index in [2.05, 4.69) is 0 Å². The molecule has 0 fully saturated rings. The first kappa shape index (κ1) is 14.8. The fourth-order valence-electron chi connectivity index (χ4n) is 1.52. The van der Waals surface area contributed by atoms with Crippen molar-refractivity contribution < 1.29 is 14.8 Å². The van der Waals surface area contributed by atoms with Crippen LogP contribution in [0.15, 0.2) is 34.5 Å². The van der Waals surface area contributed by atoms with Crippen LogP contribution in [0.5, 0.6) is 0 Å². The minimum absolute atomic E-state index is 0.00980. The number of carbonyl (C=O) groups is 1. The van der Waals surface area contributed by atoms with Crippen molar-refractivity contribution in [2.24, 2.45) is 0 Å². The Balaban J connectivity index is 2.15. The highest BCUT2D eigenvalue weighted by atomic mass is 35.5. The van der Waals surface area contributed by atoms with Crippen LogP contribution in [0.3, 0.4) is 0 Å². The molecule has 0 aliphatic heterocycles. The largest absolute Gasteiger partial charge is 0.477 e. The van der Waals surface area contributed by atoms with Crippen molar-refractivity contribution in [3.05, 3.63) is 55.2 Å². The van der Waals surface area contributed by atoms with Crippen molar-refractivity contribution in [3.8, 4) is 0 Å². The van der Waals surface area contributed by atoms with Crippen LogP contribution in [0.4, 0.5) is 5.69 Å². The van der Waals surface area contributed by atoms with Gasteiger partial charge in [-0.05, 0) is 18.2 Å². The Morgan fingerprint density at radius 2 is 2.20 bits per heavy atom. The van der Waals surface area contributed by atoms with Gasteiger partial charge in [0.1, 0.15) is 4.88 Å². The molecule has 0 aliphatic carbocycles. The van der Waals surface area contributed by atoms with Crippen LogP contribution < -0.4 is 0 Å². The first-order valence-corrected chi connectivity index (χ1v) is 7.59. The number of thiophene rings is 1. The molecule has 0 spiro atoms. The predicted molar refractivity (Wildman–Crippen MR) is 78.9 cm³/mol. The molecule has 0 bridgehead atoms. The predicted octanol–water partition coefficient (Wildman–Crippen LogP) is 4.30. The Morgan fingerprint density at radius 1 is 1.45 bits per heavy atom. The van der Waals surface area contributed by atoms with Crippen molar-refractivity contribution in [1.82, 2.24) is 0 Å². The summed E-state index contributed by atoms with van der Waals surface area (Å²) in [7, 11) is 0. The van der Waals surface area contributed by atoms with Crippen LogP contribution in [0.1, 0.15) is 15.2 Å². The summed E-state index contributed by atoms with van der Waals surface area (Å²) < 4.78 is 0. The van der Waals surface area contributed by atoms with E-state index in [9.17, 15) is 14.9 Å². The summed E-state index contributed by atoms with van der Waals surface area (Å²) >= 11 is 8.30. The molecule has 0 amide bonds. The number of rotatable bonds is 5. The average molecular weight is 330 g/mol. The molecule has 0 radical (unpaired) electrons. The molecule has 5 nitrogen and oxygen atoms in total. The summed E-state index contributed by atoms with van der Waals surface area (Å²) in [5.74, 6) is -0.622. The highest BCUT2D eigenvalue weighted by Crippen LogP contribution is 2.32. The third-order valence-corrected chi connectivity index (χ3v) is 4.75. The van der Waals surface area contributed by atoms with E-state index in [4.69, 9.17) is 16.7 Å². The van der Waals surface area contributed by atoms with Gasteiger partial charge in [0.05, 0.1) is 4.92 Å². The number of thioether (sulfide) groups is 1. The van der Waals surface area contributed by atoms with Gasteiger partial charge in [0.2, 0.25) is 0 Å². The first-order valence-electron chi connectivity index (χ1n) is 5.35. The summed E-state index contributed by atoms with van der Waals surface area (Å²) in [4.78, 5) is 22.2. The maximum atomic E-state index is 10.9. The van der Waals surface area contributed by atoms with Crippen LogP contribution in [0.2, 0.25) is 5.02 Å². The van der Waals surface area contributed by atoms with Crippen LogP contribution >= 0.6 is 34.7 Å². The summed E-state index contributed by atoms with van der Waals surface area (Å²) in [6, 6.07) is 5.95. The number of aromatic carboxylic acids is 1. The van der Waals surface area contributed by atoms with Crippen LogP contribution in [-0.4, -0.2) is 16.0 Å². The second-order valence-corrected chi connectivity index (χ2v) is 6.17. The third-order valence-electron chi connectivity index (χ3n) is 2.42. The summed E-state index contributed by atoms with van der Waals surface area (Å²) in [6.45, 7) is 0. The average Bonchev–Trinajstić information content (AvgIpc) is 2.85. The van der Waals surface area contributed by atoms with Crippen molar-refractivity contribution in [1.29, 1.82) is 0 Å². The van der Waals surface area contributed by atoms with Gasteiger partial charge >= 0.3 is 5.97 Å². The summed E-state index contributed by atoms with van der Waals surface area (Å²) in [6.07, 6.45) is 0. The highest BCUT2D eigenvalue weighted by molar-refractivity contribution is 7.98. The van der Waals surface area contributed by atoms with Crippen LogP contribution in [0, 0.1) is 10.1 Å². The Bertz CT molecular complexity index is 671. The maximum Gasteiger partial charge on any atom is 0.345 e. The number of carboxylic acids is 1. The molecule has 0 saturated heterocycles. The molecule has 2 rings (SSSR count). The minimum atomic E-state index is -0.976. The number of nitro benzene ring substituents is 1. The second-order valence-electron chi connectivity index (χ2n) is 3.77. The van der Waals surface area contributed by atoms with Gasteiger partial charge in [-0.1, -0.05) is 11.6 Å². The van der Waals surface area contributed by atoms with Gasteiger partial charge in [0.15, 0.2) is 0 Å². The monoisotopic (exact) mass is 329 g/mol. The Labute approximate surface area is 127 Å². The van der Waals surface area contributed by atoms with E-state index in [1.54, 1.807) is 17.5 Å². The molecule has 20 heavy (non-hydrogen) atoms. The molecule has 2 aromatic rings. The first-order chi connectivity index (χ1) is 9.47. The van der Waals surface area contributed by atoms with Gasteiger partial charge in [-0.3, -0.25) is 10.1 Å². The zero-order chi connectivity index (χ0) is 14.7. The minimum Gasteiger partial charge on any atom is -0.477 e. The Morgan fingerprint density at radius 3 is 2.80 bits per heavy atom. The molecule has 0 aliphatic rings. The normalized spacial score (nSPS) is 10.4. The molecule has 0 saturated carbocycles. The lowest BCUT2D eigenvalue weighted by Gasteiger charge is -2.02. The lowest BCUT2D eigenvalue weighted by Crippen LogP contribution is -1.94. The maximum absolute atomic E-state index is 10.9. The molecular weight excluding hydrogens is 322 g/mol. The molecule has 1 heterocycles. The fourth-order valence-corrected chi connectivity index (χ4v) is 3.56. The standard InChI is InChI=1S/C12H8ClNO4S2/c13-8-1-2-10(14(17)18)7(3-8)5-19-9-4-11(12(15)16)20-6-9/h1-4,6H,5H2,(H,15,16). The number of hydrogen-bond donors (Lipinski definition) is 1. The van der Waals surface area contributed by atoms with Crippen LogP contribution in [-0.2, 0) is 5.75 Å².